The Bertz CT molecular complexity index is 732. The molecule has 1 aliphatic rings. The zero-order valence-electron chi connectivity index (χ0n) is 13.4. The Morgan fingerprint density at radius 2 is 2.22 bits per heavy atom. The molecule has 1 N–H and O–H groups in total. The van der Waals surface area contributed by atoms with Crippen LogP contribution in [0.2, 0.25) is 0 Å². The fourth-order valence-electron chi connectivity index (χ4n) is 3.31. The topological polar surface area (TPSA) is 61.4 Å². The number of hydrogen-bond acceptors (Lipinski definition) is 4. The minimum Gasteiger partial charge on any atom is -0.497 e. The molecular formula is C18H21N3O2. The van der Waals surface area contributed by atoms with Gasteiger partial charge in [0.2, 0.25) is 0 Å². The van der Waals surface area contributed by atoms with Gasteiger partial charge in [-0.25, -0.2) is 0 Å². The standard InChI is InChI=1S/C18H21N3O2/c1-20-10-13(6-15(20)9-19)11-21-12-16(22)8-18(21)14-4-3-5-17(7-14)23-2/h3-7,10,16,18,22H,8,11-12H2,1-2H3/t16-,18-/m1/s1. The second kappa shape index (κ2) is 6.45. The average Bonchev–Trinajstić information content (AvgIpc) is 3.09. The molecule has 2 atom stereocenters. The van der Waals surface area contributed by atoms with Crippen molar-refractivity contribution in [1.29, 1.82) is 5.26 Å². The lowest BCUT2D eigenvalue weighted by Gasteiger charge is -2.24. The SMILES string of the molecule is COc1cccc([C@H]2C[C@@H](O)CN2Cc2cc(C#N)n(C)c2)c1. The lowest BCUT2D eigenvalue weighted by Crippen LogP contribution is -2.24. The maximum Gasteiger partial charge on any atom is 0.120 e. The zero-order chi connectivity index (χ0) is 16.4. The van der Waals surface area contributed by atoms with E-state index in [4.69, 9.17) is 10.00 Å². The van der Waals surface area contributed by atoms with Gasteiger partial charge in [0, 0.05) is 32.4 Å². The highest BCUT2D eigenvalue weighted by atomic mass is 16.5. The van der Waals surface area contributed by atoms with Crippen LogP contribution < -0.4 is 4.74 Å². The molecule has 0 radical (unpaired) electrons. The first-order chi connectivity index (χ1) is 11.1. The fraction of sp³-hybridized carbons (Fsp3) is 0.389. The van der Waals surface area contributed by atoms with Gasteiger partial charge in [0.15, 0.2) is 0 Å². The lowest BCUT2D eigenvalue weighted by atomic mass is 10.0. The van der Waals surface area contributed by atoms with E-state index in [1.807, 2.05) is 42.1 Å². The summed E-state index contributed by atoms with van der Waals surface area (Å²) in [5.74, 6) is 0.829. The van der Waals surface area contributed by atoms with Gasteiger partial charge in [-0.15, -0.1) is 0 Å². The van der Waals surface area contributed by atoms with Crippen LogP contribution in [0.25, 0.3) is 0 Å². The molecule has 1 saturated heterocycles. The molecule has 1 aromatic heterocycles. The van der Waals surface area contributed by atoms with Crippen molar-refractivity contribution in [2.24, 2.45) is 7.05 Å². The molecule has 5 nitrogen and oxygen atoms in total. The number of aliphatic hydroxyl groups excluding tert-OH is 1. The number of likely N-dealkylation sites (tertiary alicyclic amines) is 1. The highest BCUT2D eigenvalue weighted by Crippen LogP contribution is 2.34. The molecule has 120 valence electrons. The van der Waals surface area contributed by atoms with Crippen LogP contribution in [-0.4, -0.2) is 34.3 Å². The predicted octanol–water partition coefficient (Wildman–Crippen LogP) is 2.21. The molecule has 23 heavy (non-hydrogen) atoms. The summed E-state index contributed by atoms with van der Waals surface area (Å²) < 4.78 is 7.14. The average molecular weight is 311 g/mol. The van der Waals surface area contributed by atoms with Crippen molar-refractivity contribution in [2.45, 2.75) is 25.1 Å². The van der Waals surface area contributed by atoms with Crippen molar-refractivity contribution < 1.29 is 9.84 Å². The van der Waals surface area contributed by atoms with Crippen LogP contribution in [-0.2, 0) is 13.6 Å². The summed E-state index contributed by atoms with van der Waals surface area (Å²) in [5, 5.41) is 19.2. The third-order valence-electron chi connectivity index (χ3n) is 4.42. The summed E-state index contributed by atoms with van der Waals surface area (Å²) in [6.45, 7) is 1.35. The van der Waals surface area contributed by atoms with E-state index in [1.54, 1.807) is 7.11 Å². The van der Waals surface area contributed by atoms with Gasteiger partial charge in [0.05, 0.1) is 13.2 Å². The molecule has 3 rings (SSSR count). The molecule has 5 heteroatoms. The molecule has 1 aliphatic heterocycles. The summed E-state index contributed by atoms with van der Waals surface area (Å²) in [6, 6.07) is 12.3. The Labute approximate surface area is 136 Å². The van der Waals surface area contributed by atoms with Crippen LogP contribution in [0.3, 0.4) is 0 Å². The first-order valence-corrected chi connectivity index (χ1v) is 7.72. The number of ether oxygens (including phenoxy) is 1. The third-order valence-corrected chi connectivity index (χ3v) is 4.42. The van der Waals surface area contributed by atoms with Gasteiger partial charge in [-0.05, 0) is 35.7 Å². The fourth-order valence-corrected chi connectivity index (χ4v) is 3.31. The van der Waals surface area contributed by atoms with Crippen molar-refractivity contribution in [1.82, 2.24) is 9.47 Å². The van der Waals surface area contributed by atoms with Gasteiger partial charge in [0.25, 0.3) is 0 Å². The monoisotopic (exact) mass is 311 g/mol. The van der Waals surface area contributed by atoms with Gasteiger partial charge >= 0.3 is 0 Å². The second-order valence-electron chi connectivity index (χ2n) is 6.07. The summed E-state index contributed by atoms with van der Waals surface area (Å²) in [7, 11) is 3.54. The van der Waals surface area contributed by atoms with E-state index in [0.717, 1.165) is 16.9 Å². The minimum absolute atomic E-state index is 0.158. The van der Waals surface area contributed by atoms with E-state index in [0.29, 0.717) is 25.2 Å². The number of rotatable bonds is 4. The molecule has 0 amide bonds. The molecule has 0 bridgehead atoms. The number of aryl methyl sites for hydroxylation is 1. The van der Waals surface area contributed by atoms with E-state index in [1.165, 1.54) is 0 Å². The molecule has 1 aromatic carbocycles. The summed E-state index contributed by atoms with van der Waals surface area (Å²) in [5.41, 5.74) is 2.89. The van der Waals surface area contributed by atoms with E-state index in [-0.39, 0.29) is 12.1 Å². The molecule has 0 spiro atoms. The van der Waals surface area contributed by atoms with E-state index in [9.17, 15) is 5.11 Å². The van der Waals surface area contributed by atoms with Crippen LogP contribution in [0, 0.1) is 11.3 Å². The largest absolute Gasteiger partial charge is 0.497 e. The molecule has 0 unspecified atom stereocenters. The Morgan fingerprint density at radius 3 is 2.91 bits per heavy atom. The molecular weight excluding hydrogens is 290 g/mol. The van der Waals surface area contributed by atoms with Crippen molar-refractivity contribution in [3.63, 3.8) is 0 Å². The van der Waals surface area contributed by atoms with Crippen molar-refractivity contribution in [2.75, 3.05) is 13.7 Å². The second-order valence-corrected chi connectivity index (χ2v) is 6.07. The maximum absolute atomic E-state index is 10.1. The van der Waals surface area contributed by atoms with E-state index in [2.05, 4.69) is 17.0 Å². The number of methoxy groups -OCH3 is 1. The van der Waals surface area contributed by atoms with Gasteiger partial charge in [-0.2, -0.15) is 5.26 Å². The quantitative estimate of drug-likeness (QED) is 0.940. The van der Waals surface area contributed by atoms with Gasteiger partial charge in [-0.3, -0.25) is 4.90 Å². The first kappa shape index (κ1) is 15.6. The highest BCUT2D eigenvalue weighted by molar-refractivity contribution is 5.32. The zero-order valence-corrected chi connectivity index (χ0v) is 13.4. The molecule has 2 aromatic rings. The van der Waals surface area contributed by atoms with Gasteiger partial charge < -0.3 is 14.4 Å². The minimum atomic E-state index is -0.328. The van der Waals surface area contributed by atoms with E-state index < -0.39 is 0 Å². The van der Waals surface area contributed by atoms with Crippen LogP contribution >= 0.6 is 0 Å². The van der Waals surface area contributed by atoms with Crippen molar-refractivity contribution >= 4 is 0 Å². The number of benzene rings is 1. The molecule has 2 heterocycles. The van der Waals surface area contributed by atoms with Crippen LogP contribution in [0.4, 0.5) is 0 Å². The first-order valence-electron chi connectivity index (χ1n) is 7.72. The summed E-state index contributed by atoms with van der Waals surface area (Å²) in [4.78, 5) is 2.26. The number of β-amino-alcohol motifs (C(OH)–C–C–N with tert-alkyl or cyclic N) is 1. The number of aliphatic hydroxyl groups is 1. The predicted molar refractivity (Wildman–Crippen MR) is 86.9 cm³/mol. The lowest BCUT2D eigenvalue weighted by molar-refractivity contribution is 0.172. The smallest absolute Gasteiger partial charge is 0.120 e. The molecule has 0 saturated carbocycles. The molecule has 0 aliphatic carbocycles. The number of aromatic nitrogens is 1. The highest BCUT2D eigenvalue weighted by Gasteiger charge is 2.32. The van der Waals surface area contributed by atoms with Gasteiger partial charge in [0.1, 0.15) is 17.5 Å². The van der Waals surface area contributed by atoms with Crippen LogP contribution in [0.15, 0.2) is 36.5 Å². The van der Waals surface area contributed by atoms with Crippen LogP contribution in [0.5, 0.6) is 5.75 Å². The third kappa shape index (κ3) is 3.24. The number of nitrogens with zero attached hydrogens (tertiary/aromatic N) is 3. The Morgan fingerprint density at radius 1 is 1.39 bits per heavy atom. The number of hydrogen-bond donors (Lipinski definition) is 1. The number of nitriles is 1. The summed E-state index contributed by atoms with van der Waals surface area (Å²) in [6.07, 6.45) is 2.36. The van der Waals surface area contributed by atoms with Gasteiger partial charge in [-0.1, -0.05) is 12.1 Å². The molecule has 1 fully saturated rings. The van der Waals surface area contributed by atoms with Crippen molar-refractivity contribution in [3.05, 3.63) is 53.3 Å². The maximum atomic E-state index is 10.1. The Kier molecular flexibility index (Phi) is 4.37. The normalized spacial score (nSPS) is 21.3. The van der Waals surface area contributed by atoms with E-state index >= 15 is 0 Å². The Hall–Kier alpha value is -2.29. The Balaban J connectivity index is 1.83. The van der Waals surface area contributed by atoms with Crippen molar-refractivity contribution in [3.8, 4) is 11.8 Å². The summed E-state index contributed by atoms with van der Waals surface area (Å²) >= 11 is 0. The van der Waals surface area contributed by atoms with Crippen LogP contribution in [0.1, 0.15) is 29.3 Å².